The Kier molecular flexibility index (Phi) is 9.64. The van der Waals surface area contributed by atoms with Crippen LogP contribution in [-0.4, -0.2) is 89.9 Å². The Morgan fingerprint density at radius 3 is 2.63 bits per heavy atom. The lowest BCUT2D eigenvalue weighted by Gasteiger charge is -2.33. The SMILES string of the molecule is CCCCOc1nc(N)c2[nH]c(=O)n(Cc3ccc(CN4CCC(c5nnc6n5CCN(CCC)C6)CC4)cc3C(=O)OC)c2n1. The van der Waals surface area contributed by atoms with Gasteiger partial charge in [-0.2, -0.15) is 9.97 Å². The molecule has 14 nitrogen and oxygen atoms in total. The molecule has 0 saturated carbocycles. The second-order valence-corrected chi connectivity index (χ2v) is 12.2. The Morgan fingerprint density at radius 1 is 1.04 bits per heavy atom. The minimum atomic E-state index is -0.463. The summed E-state index contributed by atoms with van der Waals surface area (Å²) < 4.78 is 14.6. The molecule has 46 heavy (non-hydrogen) atoms. The van der Waals surface area contributed by atoms with Gasteiger partial charge in [0.1, 0.15) is 17.2 Å². The van der Waals surface area contributed by atoms with E-state index in [9.17, 15) is 9.59 Å². The number of rotatable bonds is 12. The van der Waals surface area contributed by atoms with Crippen LogP contribution >= 0.6 is 0 Å². The van der Waals surface area contributed by atoms with E-state index in [-0.39, 0.29) is 18.4 Å². The zero-order valence-electron chi connectivity index (χ0n) is 27.0. The molecule has 0 radical (unpaired) electrons. The molecule has 1 aromatic carbocycles. The highest BCUT2D eigenvalue weighted by atomic mass is 16.5. The van der Waals surface area contributed by atoms with E-state index in [1.54, 1.807) is 0 Å². The third kappa shape index (κ3) is 6.63. The molecule has 0 atom stereocenters. The Hall–Kier alpha value is -4.30. The smallest absolute Gasteiger partial charge is 0.338 e. The average Bonchev–Trinajstić information content (AvgIpc) is 3.62. The molecule has 1 fully saturated rings. The van der Waals surface area contributed by atoms with Crippen molar-refractivity contribution in [1.82, 2.24) is 44.1 Å². The van der Waals surface area contributed by atoms with Crippen molar-refractivity contribution >= 4 is 23.0 Å². The standard InChI is InChI=1S/C32H44N10O4/c1-4-6-16-46-31-35-27(33)26-29(36-31)42(32(44)34-26)19-23-8-7-21(17-24(23)30(43)45-3)18-40-12-9-22(10-13-40)28-38-37-25-20-39(11-5-2)14-15-41(25)28/h7-8,17,22H,4-6,9-16,18-20H2,1-3H3,(H,34,44)(H2,33,35,36). The minimum Gasteiger partial charge on any atom is -0.465 e. The molecule has 5 heterocycles. The first kappa shape index (κ1) is 31.7. The summed E-state index contributed by atoms with van der Waals surface area (Å²) in [7, 11) is 1.36. The molecule has 2 aliphatic rings. The summed E-state index contributed by atoms with van der Waals surface area (Å²) >= 11 is 0. The van der Waals surface area contributed by atoms with E-state index < -0.39 is 11.7 Å². The first-order chi connectivity index (χ1) is 22.4. The molecule has 0 bridgehead atoms. The lowest BCUT2D eigenvalue weighted by molar-refractivity contribution is 0.0599. The maximum absolute atomic E-state index is 13.0. The summed E-state index contributed by atoms with van der Waals surface area (Å²) in [6.45, 7) is 11.4. The predicted octanol–water partition coefficient (Wildman–Crippen LogP) is 2.91. The summed E-state index contributed by atoms with van der Waals surface area (Å²) in [5.74, 6) is 2.27. The number of aromatic nitrogens is 7. The number of anilines is 1. The van der Waals surface area contributed by atoms with Crippen LogP contribution in [0.1, 0.15) is 85.0 Å². The molecule has 0 aliphatic carbocycles. The lowest BCUT2D eigenvalue weighted by atomic mass is 9.95. The number of H-pyrrole nitrogens is 1. The largest absolute Gasteiger partial charge is 0.465 e. The van der Waals surface area contributed by atoms with Crippen LogP contribution < -0.4 is 16.2 Å². The van der Waals surface area contributed by atoms with Crippen molar-refractivity contribution in [3.63, 3.8) is 0 Å². The fourth-order valence-electron chi connectivity index (χ4n) is 6.53. The van der Waals surface area contributed by atoms with Crippen molar-refractivity contribution in [3.8, 4) is 6.01 Å². The van der Waals surface area contributed by atoms with Gasteiger partial charge in [0.25, 0.3) is 0 Å². The van der Waals surface area contributed by atoms with Crippen molar-refractivity contribution in [2.24, 2.45) is 0 Å². The van der Waals surface area contributed by atoms with Gasteiger partial charge in [-0.1, -0.05) is 32.4 Å². The Morgan fingerprint density at radius 2 is 1.87 bits per heavy atom. The number of piperidine rings is 1. The number of likely N-dealkylation sites (tertiary alicyclic amines) is 1. The number of imidazole rings is 1. The van der Waals surface area contributed by atoms with Crippen molar-refractivity contribution in [2.45, 2.75) is 78.0 Å². The summed E-state index contributed by atoms with van der Waals surface area (Å²) in [6.07, 6.45) is 4.97. The van der Waals surface area contributed by atoms with Gasteiger partial charge in [-0.3, -0.25) is 14.4 Å². The average molecular weight is 633 g/mol. The highest BCUT2D eigenvalue weighted by Crippen LogP contribution is 2.30. The molecule has 0 amide bonds. The number of carbonyl (C=O) groups is 1. The number of aromatic amines is 1. The lowest BCUT2D eigenvalue weighted by Crippen LogP contribution is -2.36. The van der Waals surface area contributed by atoms with Crippen LogP contribution in [0, 0.1) is 0 Å². The maximum Gasteiger partial charge on any atom is 0.338 e. The van der Waals surface area contributed by atoms with E-state index in [0.717, 1.165) is 88.6 Å². The topological polar surface area (TPSA) is 162 Å². The maximum atomic E-state index is 13.0. The van der Waals surface area contributed by atoms with Crippen LogP contribution in [0.3, 0.4) is 0 Å². The summed E-state index contributed by atoms with van der Waals surface area (Å²) in [5.41, 5.74) is 8.41. The molecule has 0 spiro atoms. The zero-order valence-corrected chi connectivity index (χ0v) is 27.0. The summed E-state index contributed by atoms with van der Waals surface area (Å²) in [6, 6.07) is 5.87. The molecule has 4 aromatic rings. The van der Waals surface area contributed by atoms with Crippen LogP contribution in [0.4, 0.5) is 5.82 Å². The molecule has 3 N–H and O–H groups in total. The van der Waals surface area contributed by atoms with Gasteiger partial charge in [0.2, 0.25) is 0 Å². The van der Waals surface area contributed by atoms with Gasteiger partial charge in [0.15, 0.2) is 11.5 Å². The molecule has 0 unspecified atom stereocenters. The molecular formula is C32H44N10O4. The molecule has 2 aliphatic heterocycles. The Labute approximate surface area is 267 Å². The number of nitrogens with two attached hydrogens (primary N) is 1. The monoisotopic (exact) mass is 632 g/mol. The quantitative estimate of drug-likeness (QED) is 0.174. The summed E-state index contributed by atoms with van der Waals surface area (Å²) in [5, 5.41) is 9.16. The molecule has 14 heteroatoms. The van der Waals surface area contributed by atoms with Crippen molar-refractivity contribution in [3.05, 3.63) is 57.0 Å². The number of nitrogens with zero attached hydrogens (tertiary/aromatic N) is 8. The molecule has 3 aromatic heterocycles. The number of carbonyl (C=O) groups excluding carboxylic acids is 1. The van der Waals surface area contributed by atoms with Crippen molar-refractivity contribution in [2.75, 3.05) is 45.6 Å². The zero-order chi connectivity index (χ0) is 32.2. The van der Waals surface area contributed by atoms with Crippen molar-refractivity contribution < 1.29 is 14.3 Å². The second kappa shape index (κ2) is 14.0. The molecule has 246 valence electrons. The van der Waals surface area contributed by atoms with Crippen LogP contribution in [-0.2, 0) is 30.9 Å². The van der Waals surface area contributed by atoms with Gasteiger partial charge >= 0.3 is 17.7 Å². The number of ether oxygens (including phenoxy) is 2. The first-order valence-corrected chi connectivity index (χ1v) is 16.3. The number of esters is 1. The summed E-state index contributed by atoms with van der Waals surface area (Å²) in [4.78, 5) is 42.2. The molecule has 6 rings (SSSR count). The van der Waals surface area contributed by atoms with Crippen LogP contribution in [0.25, 0.3) is 11.2 Å². The van der Waals surface area contributed by atoms with Gasteiger partial charge in [0, 0.05) is 25.6 Å². The van der Waals surface area contributed by atoms with Gasteiger partial charge in [-0.15, -0.1) is 10.2 Å². The highest BCUT2D eigenvalue weighted by molar-refractivity contribution is 5.91. The fourth-order valence-corrected chi connectivity index (χ4v) is 6.53. The van der Waals surface area contributed by atoms with Crippen LogP contribution in [0.2, 0.25) is 0 Å². The van der Waals surface area contributed by atoms with Gasteiger partial charge < -0.3 is 24.8 Å². The normalized spacial score (nSPS) is 16.2. The van der Waals surface area contributed by atoms with Gasteiger partial charge in [-0.05, 0) is 62.5 Å². The number of nitrogen functional groups attached to an aromatic ring is 1. The van der Waals surface area contributed by atoms with Crippen LogP contribution in [0.15, 0.2) is 23.0 Å². The predicted molar refractivity (Wildman–Crippen MR) is 173 cm³/mol. The van der Waals surface area contributed by atoms with Gasteiger partial charge in [-0.25, -0.2) is 9.59 Å². The highest BCUT2D eigenvalue weighted by Gasteiger charge is 2.29. The molecule has 1 saturated heterocycles. The minimum absolute atomic E-state index is 0.0959. The Balaban J connectivity index is 1.15. The number of unbranched alkanes of at least 4 members (excludes halogenated alkanes) is 1. The van der Waals surface area contributed by atoms with E-state index in [0.29, 0.717) is 41.4 Å². The van der Waals surface area contributed by atoms with E-state index in [2.05, 4.69) is 53.4 Å². The first-order valence-electron chi connectivity index (χ1n) is 16.3. The third-order valence-corrected chi connectivity index (χ3v) is 9.03. The third-order valence-electron chi connectivity index (χ3n) is 9.03. The molecular weight excluding hydrogens is 588 g/mol. The Bertz CT molecular complexity index is 1740. The number of nitrogens with one attached hydrogen (secondary N) is 1. The number of methoxy groups -OCH3 is 1. The van der Waals surface area contributed by atoms with E-state index in [1.807, 2.05) is 18.2 Å². The number of benzene rings is 1. The fraction of sp³-hybridized carbons (Fsp3) is 0.562. The number of hydrogen-bond donors (Lipinski definition) is 2. The van der Waals surface area contributed by atoms with Crippen LogP contribution in [0.5, 0.6) is 6.01 Å². The van der Waals surface area contributed by atoms with Gasteiger partial charge in [0.05, 0.1) is 32.4 Å². The van der Waals surface area contributed by atoms with Crippen molar-refractivity contribution in [1.29, 1.82) is 0 Å². The van der Waals surface area contributed by atoms with E-state index in [4.69, 9.17) is 15.2 Å². The second-order valence-electron chi connectivity index (χ2n) is 12.2. The number of fused-ring (bicyclic) bond motifs is 2. The number of hydrogen-bond acceptors (Lipinski definition) is 11. The van der Waals surface area contributed by atoms with E-state index >= 15 is 0 Å². The van der Waals surface area contributed by atoms with E-state index in [1.165, 1.54) is 11.7 Å².